The molecule has 4 amide bonds. The average molecular weight is 593 g/mol. The molecule has 0 aromatic heterocycles. The molecule has 4 fully saturated rings. The van der Waals surface area contributed by atoms with Gasteiger partial charge in [-0.1, -0.05) is 6.07 Å². The van der Waals surface area contributed by atoms with Gasteiger partial charge in [0.15, 0.2) is 0 Å². The van der Waals surface area contributed by atoms with Crippen molar-refractivity contribution in [2.75, 3.05) is 39.3 Å². The number of ether oxygens (including phenoxy) is 2. The van der Waals surface area contributed by atoms with Crippen LogP contribution in [-0.4, -0.2) is 89.5 Å². The molecule has 1 aromatic carbocycles. The van der Waals surface area contributed by atoms with Crippen molar-refractivity contribution in [3.63, 3.8) is 0 Å². The fraction of sp³-hybridized carbons (Fsp3) is 0.697. The van der Waals surface area contributed by atoms with E-state index in [9.17, 15) is 19.2 Å². The predicted octanol–water partition coefficient (Wildman–Crippen LogP) is 3.60. The van der Waals surface area contributed by atoms with Gasteiger partial charge < -0.3 is 24.2 Å². The van der Waals surface area contributed by atoms with E-state index in [-0.39, 0.29) is 35.7 Å². The Kier molecular flexibility index (Phi) is 6.80. The lowest BCUT2D eigenvalue weighted by molar-refractivity contribution is -0.136. The first-order valence-corrected chi connectivity index (χ1v) is 16.1. The number of rotatable bonds is 3. The van der Waals surface area contributed by atoms with Crippen molar-refractivity contribution in [3.8, 4) is 5.75 Å². The summed E-state index contributed by atoms with van der Waals surface area (Å²) < 4.78 is 11.9. The Morgan fingerprint density at radius 2 is 1.77 bits per heavy atom. The van der Waals surface area contributed by atoms with Crippen molar-refractivity contribution in [1.29, 1.82) is 0 Å². The van der Waals surface area contributed by atoms with E-state index in [0.29, 0.717) is 36.5 Å². The van der Waals surface area contributed by atoms with Gasteiger partial charge in [-0.2, -0.15) is 0 Å². The second-order valence-corrected chi connectivity index (χ2v) is 15.0. The summed E-state index contributed by atoms with van der Waals surface area (Å²) in [7, 11) is 0. The van der Waals surface area contributed by atoms with E-state index < -0.39 is 11.6 Å². The van der Waals surface area contributed by atoms with Gasteiger partial charge in [-0.15, -0.1) is 0 Å². The minimum absolute atomic E-state index is 0.0281. The highest BCUT2D eigenvalue weighted by Gasteiger charge is 2.50. The first kappa shape index (κ1) is 28.6. The van der Waals surface area contributed by atoms with E-state index in [0.717, 1.165) is 56.9 Å². The third-order valence-electron chi connectivity index (χ3n) is 10.9. The zero-order valence-corrected chi connectivity index (χ0v) is 25.7. The molecule has 5 aliphatic heterocycles. The van der Waals surface area contributed by atoms with Crippen LogP contribution < -0.4 is 10.1 Å². The van der Waals surface area contributed by atoms with Crippen molar-refractivity contribution in [3.05, 3.63) is 28.8 Å². The molecule has 2 spiro atoms. The molecule has 0 radical (unpaired) electrons. The number of imide groups is 1. The molecule has 0 unspecified atom stereocenters. The summed E-state index contributed by atoms with van der Waals surface area (Å²) in [6, 6.07) is 3.39. The molecule has 1 N–H and O–H groups in total. The zero-order chi connectivity index (χ0) is 30.1. The molecule has 1 aliphatic carbocycles. The highest BCUT2D eigenvalue weighted by molar-refractivity contribution is 6.05. The Labute approximate surface area is 253 Å². The standard InChI is InChI=1S/C33H44N4O6/c1-31(2,3)43-30(41)36-18-32(19-36)10-8-21(9-11-32)16-35-14-12-33(13-15-35)20-42-27-23-17-37(25-6-7-26(38)34-28(25)39)29(40)22(23)4-5-24(27)33/h4-5,21,25H,6-20H2,1-3H3,(H,34,38,39)/t25-/m0/s1. The molecule has 5 heterocycles. The quantitative estimate of drug-likeness (QED) is 0.535. The van der Waals surface area contributed by atoms with Gasteiger partial charge >= 0.3 is 6.09 Å². The molecule has 1 saturated carbocycles. The Balaban J connectivity index is 0.925. The maximum absolute atomic E-state index is 13.3. The van der Waals surface area contributed by atoms with Crippen molar-refractivity contribution in [2.24, 2.45) is 11.3 Å². The fourth-order valence-corrected chi connectivity index (χ4v) is 8.43. The minimum Gasteiger partial charge on any atom is -0.492 e. The van der Waals surface area contributed by atoms with Crippen LogP contribution in [0.15, 0.2) is 12.1 Å². The lowest BCUT2D eigenvalue weighted by Crippen LogP contribution is -2.60. The molecule has 10 heteroatoms. The zero-order valence-electron chi connectivity index (χ0n) is 25.7. The third-order valence-corrected chi connectivity index (χ3v) is 10.9. The fourth-order valence-electron chi connectivity index (χ4n) is 8.43. The Bertz CT molecular complexity index is 1340. The molecule has 3 saturated heterocycles. The van der Waals surface area contributed by atoms with Gasteiger partial charge in [0.25, 0.3) is 5.91 Å². The number of hydrogen-bond acceptors (Lipinski definition) is 7. The summed E-state index contributed by atoms with van der Waals surface area (Å²) in [6.07, 6.45) is 7.32. The third kappa shape index (κ3) is 5.09. The molecule has 232 valence electrons. The summed E-state index contributed by atoms with van der Waals surface area (Å²) in [5.41, 5.74) is 2.54. The van der Waals surface area contributed by atoms with Crippen LogP contribution in [0.5, 0.6) is 5.75 Å². The summed E-state index contributed by atoms with van der Waals surface area (Å²) in [6.45, 7) is 11.6. The number of carbonyl (C=O) groups is 4. The summed E-state index contributed by atoms with van der Waals surface area (Å²) in [5.74, 6) is 0.727. The predicted molar refractivity (Wildman–Crippen MR) is 158 cm³/mol. The Hall–Kier alpha value is -3.14. The van der Waals surface area contributed by atoms with E-state index in [2.05, 4.69) is 16.3 Å². The van der Waals surface area contributed by atoms with Gasteiger partial charge in [-0.3, -0.25) is 19.7 Å². The van der Waals surface area contributed by atoms with Crippen LogP contribution in [0.25, 0.3) is 0 Å². The number of carbonyl (C=O) groups excluding carboxylic acids is 4. The summed E-state index contributed by atoms with van der Waals surface area (Å²) in [5, 5.41) is 2.38. The van der Waals surface area contributed by atoms with Crippen molar-refractivity contribution in [1.82, 2.24) is 20.0 Å². The molecule has 10 nitrogen and oxygen atoms in total. The number of nitrogens with one attached hydrogen (secondary N) is 1. The van der Waals surface area contributed by atoms with Crippen LogP contribution in [0.4, 0.5) is 4.79 Å². The molecule has 1 aromatic rings. The minimum atomic E-state index is -0.616. The van der Waals surface area contributed by atoms with Gasteiger partial charge in [0.05, 0.1) is 13.2 Å². The van der Waals surface area contributed by atoms with E-state index >= 15 is 0 Å². The SMILES string of the molecule is CC(C)(C)OC(=O)N1CC2(CCC(CN3CCC4(CC3)COc3c4ccc4c3CN([C@H]3CCC(=O)NC3=O)C4=O)CC2)C1. The summed E-state index contributed by atoms with van der Waals surface area (Å²) in [4.78, 5) is 55.9. The smallest absolute Gasteiger partial charge is 0.410 e. The number of hydrogen-bond donors (Lipinski definition) is 1. The summed E-state index contributed by atoms with van der Waals surface area (Å²) >= 11 is 0. The highest BCUT2D eigenvalue weighted by atomic mass is 16.6. The molecular formula is C33H44N4O6. The maximum Gasteiger partial charge on any atom is 0.410 e. The number of piperidine rings is 2. The molecule has 0 bridgehead atoms. The second kappa shape index (κ2) is 10.2. The first-order chi connectivity index (χ1) is 20.4. The molecule has 7 rings (SSSR count). The average Bonchev–Trinajstić information content (AvgIpc) is 3.46. The highest BCUT2D eigenvalue weighted by Crippen LogP contribution is 2.50. The number of benzene rings is 1. The van der Waals surface area contributed by atoms with E-state index in [1.165, 1.54) is 31.2 Å². The second-order valence-electron chi connectivity index (χ2n) is 15.0. The van der Waals surface area contributed by atoms with Crippen LogP contribution in [-0.2, 0) is 26.3 Å². The first-order valence-electron chi connectivity index (χ1n) is 16.1. The number of amides is 4. The number of likely N-dealkylation sites (tertiary alicyclic amines) is 2. The largest absolute Gasteiger partial charge is 0.492 e. The van der Waals surface area contributed by atoms with Crippen molar-refractivity contribution in [2.45, 2.75) is 95.7 Å². The Morgan fingerprint density at radius 1 is 1.05 bits per heavy atom. The Morgan fingerprint density at radius 3 is 2.44 bits per heavy atom. The lowest BCUT2D eigenvalue weighted by atomic mass is 9.66. The number of fused-ring (bicyclic) bond motifs is 4. The van der Waals surface area contributed by atoms with Gasteiger partial charge in [0, 0.05) is 53.6 Å². The van der Waals surface area contributed by atoms with Crippen molar-refractivity contribution >= 4 is 23.8 Å². The van der Waals surface area contributed by atoms with Crippen molar-refractivity contribution < 1.29 is 28.7 Å². The van der Waals surface area contributed by atoms with E-state index in [4.69, 9.17) is 9.47 Å². The van der Waals surface area contributed by atoms with Crippen LogP contribution in [0.2, 0.25) is 0 Å². The molecular weight excluding hydrogens is 548 g/mol. The lowest BCUT2D eigenvalue weighted by Gasteiger charge is -2.53. The normalized spacial score (nSPS) is 26.7. The van der Waals surface area contributed by atoms with Gasteiger partial charge in [0.2, 0.25) is 11.8 Å². The maximum atomic E-state index is 13.3. The molecule has 6 aliphatic rings. The van der Waals surface area contributed by atoms with Crippen LogP contribution >= 0.6 is 0 Å². The topological polar surface area (TPSA) is 108 Å². The van der Waals surface area contributed by atoms with Crippen LogP contribution in [0, 0.1) is 11.3 Å². The monoisotopic (exact) mass is 592 g/mol. The van der Waals surface area contributed by atoms with Gasteiger partial charge in [-0.25, -0.2) is 4.79 Å². The van der Waals surface area contributed by atoms with Crippen LogP contribution in [0.1, 0.15) is 93.6 Å². The number of nitrogens with zero attached hydrogens (tertiary/aromatic N) is 3. The van der Waals surface area contributed by atoms with Crippen LogP contribution in [0.3, 0.4) is 0 Å². The van der Waals surface area contributed by atoms with Gasteiger partial charge in [0.1, 0.15) is 17.4 Å². The van der Waals surface area contributed by atoms with E-state index in [1.807, 2.05) is 31.7 Å². The molecule has 43 heavy (non-hydrogen) atoms. The van der Waals surface area contributed by atoms with Gasteiger partial charge in [-0.05, 0) is 90.8 Å². The van der Waals surface area contributed by atoms with E-state index in [1.54, 1.807) is 4.90 Å². The molecule has 1 atom stereocenters.